The van der Waals surface area contributed by atoms with Gasteiger partial charge in [-0.25, -0.2) is 4.79 Å². The molecule has 0 aliphatic carbocycles. The van der Waals surface area contributed by atoms with Crippen molar-refractivity contribution in [1.82, 2.24) is 10.2 Å². The Morgan fingerprint density at radius 3 is 2.24 bits per heavy atom. The van der Waals surface area contributed by atoms with Gasteiger partial charge in [-0.2, -0.15) is 0 Å². The van der Waals surface area contributed by atoms with Crippen LogP contribution in [-0.4, -0.2) is 34.9 Å². The first-order chi connectivity index (χ1) is 7.90. The van der Waals surface area contributed by atoms with Gasteiger partial charge in [-0.15, -0.1) is 6.58 Å². The third-order valence-electron chi connectivity index (χ3n) is 2.20. The van der Waals surface area contributed by atoms with Crippen LogP contribution in [0.4, 0.5) is 4.79 Å². The molecule has 6 nitrogen and oxygen atoms in total. The maximum Gasteiger partial charge on any atom is 0.329 e. The van der Waals surface area contributed by atoms with E-state index >= 15 is 0 Å². The summed E-state index contributed by atoms with van der Waals surface area (Å²) in [5, 5.41) is 2.23. The van der Waals surface area contributed by atoms with Gasteiger partial charge >= 0.3 is 6.03 Å². The van der Waals surface area contributed by atoms with E-state index in [1.165, 1.54) is 19.9 Å². The van der Waals surface area contributed by atoms with Crippen molar-refractivity contribution in [1.29, 1.82) is 0 Å². The number of rotatable bonds is 4. The van der Waals surface area contributed by atoms with Crippen LogP contribution < -0.4 is 5.32 Å². The van der Waals surface area contributed by atoms with Gasteiger partial charge in [0.1, 0.15) is 5.70 Å². The van der Waals surface area contributed by atoms with Crippen molar-refractivity contribution in [2.45, 2.75) is 13.8 Å². The number of Topliss-reactive ketones (excluding diaryl/α,β-unsaturated/α-hetero) is 2. The lowest BCUT2D eigenvalue weighted by molar-refractivity contribution is -0.124. The molecule has 1 aliphatic heterocycles. The number of hydrogen-bond acceptors (Lipinski definition) is 4. The van der Waals surface area contributed by atoms with Crippen molar-refractivity contribution < 1.29 is 19.2 Å². The highest BCUT2D eigenvalue weighted by Crippen LogP contribution is 2.15. The van der Waals surface area contributed by atoms with Gasteiger partial charge in [0, 0.05) is 6.54 Å². The van der Waals surface area contributed by atoms with Crippen molar-refractivity contribution in [3.05, 3.63) is 23.9 Å². The summed E-state index contributed by atoms with van der Waals surface area (Å²) in [6.45, 7) is 5.77. The molecular weight excluding hydrogens is 224 g/mol. The minimum atomic E-state index is -0.685. The molecule has 3 amide bonds. The van der Waals surface area contributed by atoms with Crippen LogP contribution in [-0.2, 0) is 14.4 Å². The van der Waals surface area contributed by atoms with Crippen molar-refractivity contribution in [2.24, 2.45) is 0 Å². The van der Waals surface area contributed by atoms with Gasteiger partial charge in [0.15, 0.2) is 11.6 Å². The molecule has 0 aromatic carbocycles. The molecule has 1 heterocycles. The zero-order valence-electron chi connectivity index (χ0n) is 9.57. The average Bonchev–Trinajstić information content (AvgIpc) is 2.46. The van der Waals surface area contributed by atoms with E-state index in [0.29, 0.717) is 0 Å². The maximum absolute atomic E-state index is 11.8. The van der Waals surface area contributed by atoms with E-state index in [-0.39, 0.29) is 17.8 Å². The van der Waals surface area contributed by atoms with Gasteiger partial charge in [-0.3, -0.25) is 19.3 Å². The van der Waals surface area contributed by atoms with Crippen molar-refractivity contribution in [3.8, 4) is 0 Å². The summed E-state index contributed by atoms with van der Waals surface area (Å²) in [4.78, 5) is 46.6. The molecule has 1 aliphatic rings. The van der Waals surface area contributed by atoms with Crippen LogP contribution in [0, 0.1) is 0 Å². The van der Waals surface area contributed by atoms with Crippen molar-refractivity contribution >= 4 is 23.5 Å². The molecule has 1 N–H and O–H groups in total. The molecule has 1 fully saturated rings. The zero-order chi connectivity index (χ0) is 13.2. The number of carbonyl (C=O) groups is 4. The summed E-state index contributed by atoms with van der Waals surface area (Å²) in [6.07, 6.45) is 1.38. The summed E-state index contributed by atoms with van der Waals surface area (Å²) in [6, 6.07) is -0.662. The fraction of sp³-hybridized carbons (Fsp3) is 0.273. The standard InChI is InChI=1S/C11H12N2O4/c1-4-5-13-10(16)9(12-11(13)17)8(6(2)14)7(3)15/h4H,1,5H2,2-3H3,(H,12,17). The van der Waals surface area contributed by atoms with Crippen LogP contribution >= 0.6 is 0 Å². The molecule has 0 unspecified atom stereocenters. The third-order valence-corrected chi connectivity index (χ3v) is 2.20. The van der Waals surface area contributed by atoms with E-state index < -0.39 is 23.5 Å². The Kier molecular flexibility index (Phi) is 3.57. The molecule has 0 aromatic heterocycles. The normalized spacial score (nSPS) is 14.7. The Balaban J connectivity index is 3.25. The van der Waals surface area contributed by atoms with Gasteiger partial charge in [-0.05, 0) is 13.8 Å². The highest BCUT2D eigenvalue weighted by molar-refractivity contribution is 6.26. The zero-order valence-corrected chi connectivity index (χ0v) is 9.57. The molecular formula is C11H12N2O4. The molecule has 0 saturated carbocycles. The van der Waals surface area contributed by atoms with Crippen LogP contribution in [0.15, 0.2) is 23.9 Å². The van der Waals surface area contributed by atoms with Gasteiger partial charge < -0.3 is 5.32 Å². The molecule has 0 spiro atoms. The van der Waals surface area contributed by atoms with E-state index in [2.05, 4.69) is 11.9 Å². The largest absolute Gasteiger partial charge is 0.329 e. The minimum Gasteiger partial charge on any atom is -0.302 e. The number of hydrogen-bond donors (Lipinski definition) is 1. The summed E-state index contributed by atoms with van der Waals surface area (Å²) < 4.78 is 0. The topological polar surface area (TPSA) is 83.6 Å². The summed E-state index contributed by atoms with van der Waals surface area (Å²) in [5.74, 6) is -1.79. The number of nitrogens with zero attached hydrogens (tertiary/aromatic N) is 1. The Morgan fingerprint density at radius 2 is 1.82 bits per heavy atom. The van der Waals surface area contributed by atoms with Gasteiger partial charge in [0.2, 0.25) is 0 Å². The number of amides is 3. The van der Waals surface area contributed by atoms with E-state index in [1.54, 1.807) is 0 Å². The lowest BCUT2D eigenvalue weighted by Gasteiger charge is -2.07. The number of allylic oxidation sites excluding steroid dienone is 1. The van der Waals surface area contributed by atoms with Crippen LogP contribution in [0.25, 0.3) is 0 Å². The second-order valence-electron chi connectivity index (χ2n) is 3.50. The summed E-state index contributed by atoms with van der Waals surface area (Å²) in [5.41, 5.74) is -0.535. The second-order valence-corrected chi connectivity index (χ2v) is 3.50. The van der Waals surface area contributed by atoms with Crippen LogP contribution in [0.1, 0.15) is 13.8 Å². The number of imide groups is 1. The van der Waals surface area contributed by atoms with E-state index in [9.17, 15) is 19.2 Å². The molecule has 17 heavy (non-hydrogen) atoms. The summed E-state index contributed by atoms with van der Waals surface area (Å²) >= 11 is 0. The molecule has 0 radical (unpaired) electrons. The molecule has 0 atom stereocenters. The highest BCUT2D eigenvalue weighted by atomic mass is 16.2. The molecule has 90 valence electrons. The smallest absolute Gasteiger partial charge is 0.302 e. The monoisotopic (exact) mass is 236 g/mol. The Morgan fingerprint density at radius 1 is 1.29 bits per heavy atom. The molecule has 6 heteroatoms. The first kappa shape index (κ1) is 12.8. The van der Waals surface area contributed by atoms with Crippen LogP contribution in [0.3, 0.4) is 0 Å². The highest BCUT2D eigenvalue weighted by Gasteiger charge is 2.36. The first-order valence-electron chi connectivity index (χ1n) is 4.90. The van der Waals surface area contributed by atoms with Gasteiger partial charge in [0.25, 0.3) is 5.91 Å². The van der Waals surface area contributed by atoms with E-state index in [1.807, 2.05) is 0 Å². The summed E-state index contributed by atoms with van der Waals surface area (Å²) in [7, 11) is 0. The number of urea groups is 1. The quantitative estimate of drug-likeness (QED) is 0.248. The Labute approximate surface area is 98.0 Å². The fourth-order valence-corrected chi connectivity index (χ4v) is 1.52. The van der Waals surface area contributed by atoms with Crippen molar-refractivity contribution in [2.75, 3.05) is 6.54 Å². The molecule has 0 aromatic rings. The lowest BCUT2D eigenvalue weighted by atomic mass is 10.1. The predicted molar refractivity (Wildman–Crippen MR) is 58.8 cm³/mol. The molecule has 1 rings (SSSR count). The van der Waals surface area contributed by atoms with Crippen LogP contribution in [0.2, 0.25) is 0 Å². The van der Waals surface area contributed by atoms with E-state index in [0.717, 1.165) is 4.90 Å². The average molecular weight is 236 g/mol. The fourth-order valence-electron chi connectivity index (χ4n) is 1.52. The second kappa shape index (κ2) is 4.73. The Hall–Kier alpha value is -2.24. The number of carbonyl (C=O) groups excluding carboxylic acids is 4. The third kappa shape index (κ3) is 2.30. The molecule has 1 saturated heterocycles. The minimum absolute atomic E-state index is 0.0251. The van der Waals surface area contributed by atoms with Gasteiger partial charge in [-0.1, -0.05) is 6.08 Å². The maximum atomic E-state index is 11.8. The number of nitrogens with one attached hydrogen (secondary N) is 1. The van der Waals surface area contributed by atoms with Crippen molar-refractivity contribution in [3.63, 3.8) is 0 Å². The number of ketones is 2. The predicted octanol–water partition coefficient (Wildman–Crippen LogP) is 0.156. The lowest BCUT2D eigenvalue weighted by Crippen LogP contribution is -2.30. The molecule has 0 bridgehead atoms. The Bertz CT molecular complexity index is 446. The SMILES string of the molecule is C=CCN1C(=O)NC(=C(C(C)=O)C(C)=O)C1=O. The van der Waals surface area contributed by atoms with E-state index in [4.69, 9.17) is 0 Å². The van der Waals surface area contributed by atoms with Crippen LogP contribution in [0.5, 0.6) is 0 Å². The first-order valence-corrected chi connectivity index (χ1v) is 4.90. The van der Waals surface area contributed by atoms with Gasteiger partial charge in [0.05, 0.1) is 5.57 Å².